The molecule has 3 nitrogen and oxygen atoms in total. The van der Waals surface area contributed by atoms with Crippen LogP contribution >= 0.6 is 0 Å². The quantitative estimate of drug-likeness (QED) is 0.719. The molecule has 0 N–H and O–H groups in total. The molecule has 1 atom stereocenters. The third-order valence-electron chi connectivity index (χ3n) is 3.38. The fraction of sp³-hybridized carbons (Fsp3) is 0.600. The predicted octanol–water partition coefficient (Wildman–Crippen LogP) is 2.59. The van der Waals surface area contributed by atoms with E-state index in [-0.39, 0.29) is 6.10 Å². The molecule has 1 aromatic rings. The van der Waals surface area contributed by atoms with Crippen LogP contribution in [0.3, 0.4) is 0 Å². The number of halogens is 2. The van der Waals surface area contributed by atoms with Crippen LogP contribution in [0, 0.1) is 11.6 Å². The normalized spacial score (nSPS) is 18.9. The third-order valence-corrected chi connectivity index (χ3v) is 3.38. The van der Waals surface area contributed by atoms with Crippen LogP contribution in [0.15, 0.2) is 18.2 Å². The summed E-state index contributed by atoms with van der Waals surface area (Å²) in [5.41, 5.74) is 0.755. The summed E-state index contributed by atoms with van der Waals surface area (Å²) in [5.74, 6) is -1.61. The minimum Gasteiger partial charge on any atom is -0.377 e. The summed E-state index contributed by atoms with van der Waals surface area (Å²) in [7, 11) is 1.93. The average Bonchev–Trinajstić information content (AvgIpc) is 2.92. The van der Waals surface area contributed by atoms with Crippen LogP contribution in [0.4, 0.5) is 8.78 Å². The van der Waals surface area contributed by atoms with Gasteiger partial charge in [-0.25, -0.2) is 8.78 Å². The van der Waals surface area contributed by atoms with Crippen molar-refractivity contribution in [2.24, 2.45) is 0 Å². The van der Waals surface area contributed by atoms with Crippen molar-refractivity contribution in [3.05, 3.63) is 35.4 Å². The molecular formula is C15H21F2NO2. The number of hydrogen-bond acceptors (Lipinski definition) is 3. The highest BCUT2D eigenvalue weighted by Gasteiger charge is 2.15. The second kappa shape index (κ2) is 7.67. The van der Waals surface area contributed by atoms with Crippen molar-refractivity contribution >= 4 is 0 Å². The first-order chi connectivity index (χ1) is 9.65. The minimum absolute atomic E-state index is 0.242. The van der Waals surface area contributed by atoms with E-state index in [0.717, 1.165) is 37.6 Å². The summed E-state index contributed by atoms with van der Waals surface area (Å²) in [6.07, 6.45) is 2.43. The Morgan fingerprint density at radius 1 is 1.35 bits per heavy atom. The first-order valence-electron chi connectivity index (χ1n) is 6.97. The maximum atomic E-state index is 13.1. The number of benzene rings is 1. The van der Waals surface area contributed by atoms with E-state index in [1.165, 1.54) is 6.07 Å². The monoisotopic (exact) mass is 285 g/mol. The standard InChI is InChI=1S/C15H21F2NO2/c1-18(6-8-19-11-13-3-2-7-20-13)10-12-4-5-14(16)15(17)9-12/h4-5,9,13H,2-3,6-8,10-11H2,1H3. The van der Waals surface area contributed by atoms with E-state index in [9.17, 15) is 8.78 Å². The lowest BCUT2D eigenvalue weighted by atomic mass is 10.2. The van der Waals surface area contributed by atoms with Gasteiger partial charge >= 0.3 is 0 Å². The van der Waals surface area contributed by atoms with Crippen LogP contribution in [0.25, 0.3) is 0 Å². The van der Waals surface area contributed by atoms with Gasteiger partial charge in [-0.3, -0.25) is 4.90 Å². The molecule has 2 rings (SSSR count). The van der Waals surface area contributed by atoms with Crippen molar-refractivity contribution in [2.75, 3.05) is 33.4 Å². The summed E-state index contributed by atoms with van der Waals surface area (Å²) in [4.78, 5) is 2.02. The zero-order chi connectivity index (χ0) is 14.4. The van der Waals surface area contributed by atoms with Gasteiger partial charge in [0, 0.05) is 19.7 Å². The van der Waals surface area contributed by atoms with Crippen LogP contribution in [-0.4, -0.2) is 44.4 Å². The van der Waals surface area contributed by atoms with Crippen molar-refractivity contribution in [3.63, 3.8) is 0 Å². The van der Waals surface area contributed by atoms with Gasteiger partial charge in [0.15, 0.2) is 11.6 Å². The number of rotatable bonds is 7. The average molecular weight is 285 g/mol. The molecule has 1 aliphatic heterocycles. The second-order valence-electron chi connectivity index (χ2n) is 5.20. The van der Waals surface area contributed by atoms with Gasteiger partial charge in [-0.1, -0.05) is 6.07 Å². The summed E-state index contributed by atoms with van der Waals surface area (Å²) >= 11 is 0. The number of nitrogens with zero attached hydrogens (tertiary/aromatic N) is 1. The molecule has 5 heteroatoms. The number of ether oxygens (including phenoxy) is 2. The zero-order valence-corrected chi connectivity index (χ0v) is 11.8. The van der Waals surface area contributed by atoms with Gasteiger partial charge in [0.25, 0.3) is 0 Å². The van der Waals surface area contributed by atoms with Crippen LogP contribution < -0.4 is 0 Å². The number of likely N-dealkylation sites (N-methyl/N-ethyl adjacent to an activating group) is 1. The smallest absolute Gasteiger partial charge is 0.159 e. The SMILES string of the molecule is CN(CCOCC1CCCO1)Cc1ccc(F)c(F)c1. The molecule has 0 amide bonds. The summed E-state index contributed by atoms with van der Waals surface area (Å²) in [6.45, 7) is 3.40. The Hall–Kier alpha value is -1.04. The maximum absolute atomic E-state index is 13.1. The summed E-state index contributed by atoms with van der Waals surface area (Å²) < 4.78 is 36.9. The van der Waals surface area contributed by atoms with Gasteiger partial charge in [-0.15, -0.1) is 0 Å². The first kappa shape index (κ1) is 15.4. The van der Waals surface area contributed by atoms with Crippen molar-refractivity contribution < 1.29 is 18.3 Å². The Morgan fingerprint density at radius 3 is 2.90 bits per heavy atom. The van der Waals surface area contributed by atoms with E-state index in [2.05, 4.69) is 0 Å². The van der Waals surface area contributed by atoms with Crippen LogP contribution in [0.2, 0.25) is 0 Å². The Balaban J connectivity index is 1.64. The molecule has 1 heterocycles. The number of hydrogen-bond donors (Lipinski definition) is 0. The van der Waals surface area contributed by atoms with Crippen molar-refractivity contribution in [1.29, 1.82) is 0 Å². The molecule has 0 spiro atoms. The van der Waals surface area contributed by atoms with E-state index in [0.29, 0.717) is 19.8 Å². The lowest BCUT2D eigenvalue weighted by Gasteiger charge is -2.17. The molecule has 1 unspecified atom stereocenters. The van der Waals surface area contributed by atoms with E-state index in [1.807, 2.05) is 11.9 Å². The molecule has 0 aromatic heterocycles. The first-order valence-corrected chi connectivity index (χ1v) is 6.97. The molecule has 1 fully saturated rings. The molecule has 20 heavy (non-hydrogen) atoms. The van der Waals surface area contributed by atoms with Gasteiger partial charge < -0.3 is 9.47 Å². The molecule has 0 aliphatic carbocycles. The highest BCUT2D eigenvalue weighted by atomic mass is 19.2. The molecule has 0 radical (unpaired) electrons. The molecule has 0 saturated carbocycles. The lowest BCUT2D eigenvalue weighted by Crippen LogP contribution is -2.24. The molecule has 1 saturated heterocycles. The largest absolute Gasteiger partial charge is 0.377 e. The maximum Gasteiger partial charge on any atom is 0.159 e. The van der Waals surface area contributed by atoms with Gasteiger partial charge in [0.1, 0.15) is 0 Å². The van der Waals surface area contributed by atoms with Gasteiger partial charge in [-0.05, 0) is 37.6 Å². The molecular weight excluding hydrogens is 264 g/mol. The van der Waals surface area contributed by atoms with E-state index in [1.54, 1.807) is 6.07 Å². The molecule has 1 aliphatic rings. The van der Waals surface area contributed by atoms with Crippen LogP contribution in [-0.2, 0) is 16.0 Å². The summed E-state index contributed by atoms with van der Waals surface area (Å²) in [5, 5.41) is 0. The fourth-order valence-electron chi connectivity index (χ4n) is 2.24. The van der Waals surface area contributed by atoms with E-state index < -0.39 is 11.6 Å². The highest BCUT2D eigenvalue weighted by molar-refractivity contribution is 5.17. The highest BCUT2D eigenvalue weighted by Crippen LogP contribution is 2.12. The Kier molecular flexibility index (Phi) is 5.88. The van der Waals surface area contributed by atoms with Crippen molar-refractivity contribution in [1.82, 2.24) is 4.90 Å². The van der Waals surface area contributed by atoms with Gasteiger partial charge in [0.05, 0.1) is 19.3 Å². The Morgan fingerprint density at radius 2 is 2.20 bits per heavy atom. The van der Waals surface area contributed by atoms with Gasteiger partial charge in [-0.2, -0.15) is 0 Å². The van der Waals surface area contributed by atoms with Crippen LogP contribution in [0.5, 0.6) is 0 Å². The zero-order valence-electron chi connectivity index (χ0n) is 11.8. The topological polar surface area (TPSA) is 21.7 Å². The van der Waals surface area contributed by atoms with E-state index in [4.69, 9.17) is 9.47 Å². The van der Waals surface area contributed by atoms with Crippen molar-refractivity contribution in [3.8, 4) is 0 Å². The summed E-state index contributed by atoms with van der Waals surface area (Å²) in [6, 6.07) is 3.99. The Labute approximate surface area is 118 Å². The minimum atomic E-state index is -0.809. The lowest BCUT2D eigenvalue weighted by molar-refractivity contribution is 0.0117. The second-order valence-corrected chi connectivity index (χ2v) is 5.20. The third kappa shape index (κ3) is 4.81. The fourth-order valence-corrected chi connectivity index (χ4v) is 2.24. The van der Waals surface area contributed by atoms with Crippen LogP contribution in [0.1, 0.15) is 18.4 Å². The van der Waals surface area contributed by atoms with Gasteiger partial charge in [0.2, 0.25) is 0 Å². The van der Waals surface area contributed by atoms with Crippen molar-refractivity contribution in [2.45, 2.75) is 25.5 Å². The molecule has 0 bridgehead atoms. The predicted molar refractivity (Wildman–Crippen MR) is 72.5 cm³/mol. The van der Waals surface area contributed by atoms with E-state index >= 15 is 0 Å². The molecule has 1 aromatic carbocycles. The Bertz CT molecular complexity index is 422. The molecule has 112 valence electrons.